The molecular weight excluding hydrogens is 332 g/mol. The van der Waals surface area contributed by atoms with Gasteiger partial charge in [-0.1, -0.05) is 13.8 Å². The van der Waals surface area contributed by atoms with Crippen LogP contribution < -0.4 is 4.72 Å². The van der Waals surface area contributed by atoms with E-state index in [0.717, 1.165) is 18.9 Å². The summed E-state index contributed by atoms with van der Waals surface area (Å²) in [7, 11) is -3.89. The molecule has 1 aliphatic rings. The van der Waals surface area contributed by atoms with Crippen molar-refractivity contribution in [3.05, 3.63) is 33.4 Å². The van der Waals surface area contributed by atoms with Gasteiger partial charge in [0.05, 0.1) is 15.9 Å². The number of aryl methyl sites for hydroxylation is 1. The fraction of sp³-hybridized carbons (Fsp3) is 0.625. The van der Waals surface area contributed by atoms with Crippen molar-refractivity contribution in [2.75, 3.05) is 6.54 Å². The Morgan fingerprint density at radius 2 is 1.92 bits per heavy atom. The molecule has 1 atom stereocenters. The molecule has 0 saturated heterocycles. The van der Waals surface area contributed by atoms with Crippen LogP contribution in [0.25, 0.3) is 0 Å². The highest BCUT2D eigenvalue weighted by molar-refractivity contribution is 7.89. The molecule has 134 valence electrons. The molecule has 0 radical (unpaired) electrons. The van der Waals surface area contributed by atoms with Crippen molar-refractivity contribution in [3.63, 3.8) is 0 Å². The second-order valence-electron chi connectivity index (χ2n) is 7.02. The maximum Gasteiger partial charge on any atom is 0.271 e. The van der Waals surface area contributed by atoms with E-state index in [1.807, 2.05) is 13.8 Å². The predicted molar refractivity (Wildman–Crippen MR) is 90.3 cm³/mol. The second-order valence-corrected chi connectivity index (χ2v) is 8.75. The number of benzene rings is 1. The van der Waals surface area contributed by atoms with Gasteiger partial charge in [0, 0.05) is 24.1 Å². The largest absolute Gasteiger partial charge is 0.392 e. The topological polar surface area (TPSA) is 110 Å². The van der Waals surface area contributed by atoms with E-state index in [9.17, 15) is 23.6 Å². The molecule has 2 rings (SSSR count). The first-order valence-corrected chi connectivity index (χ1v) is 9.42. The molecular formula is C16H24N2O5S. The van der Waals surface area contributed by atoms with Crippen molar-refractivity contribution >= 4 is 15.7 Å². The summed E-state index contributed by atoms with van der Waals surface area (Å²) in [6.45, 7) is 7.20. The fourth-order valence-corrected chi connectivity index (χ4v) is 4.43. The number of nitro groups is 1. The van der Waals surface area contributed by atoms with Crippen LogP contribution in [0.3, 0.4) is 0 Å². The Labute approximate surface area is 142 Å². The number of nitro benzene ring substituents is 1. The minimum atomic E-state index is -3.89. The molecule has 0 aliphatic heterocycles. The van der Waals surface area contributed by atoms with Crippen LogP contribution in [-0.4, -0.2) is 31.1 Å². The van der Waals surface area contributed by atoms with Crippen LogP contribution >= 0.6 is 0 Å². The van der Waals surface area contributed by atoms with E-state index in [1.54, 1.807) is 13.8 Å². The van der Waals surface area contributed by atoms with Crippen molar-refractivity contribution in [3.8, 4) is 0 Å². The molecule has 2 N–H and O–H groups in total. The van der Waals surface area contributed by atoms with Gasteiger partial charge in [0.2, 0.25) is 10.0 Å². The van der Waals surface area contributed by atoms with Crippen LogP contribution in [0.2, 0.25) is 0 Å². The van der Waals surface area contributed by atoms with Crippen molar-refractivity contribution in [2.45, 2.75) is 51.5 Å². The zero-order chi connectivity index (χ0) is 18.3. The van der Waals surface area contributed by atoms with E-state index in [0.29, 0.717) is 11.1 Å². The third kappa shape index (κ3) is 3.60. The van der Waals surface area contributed by atoms with Crippen molar-refractivity contribution in [1.29, 1.82) is 0 Å². The van der Waals surface area contributed by atoms with E-state index < -0.39 is 26.5 Å². The number of sulfonamides is 1. The Morgan fingerprint density at radius 1 is 1.33 bits per heavy atom. The number of nitrogens with one attached hydrogen (secondary N) is 1. The summed E-state index contributed by atoms with van der Waals surface area (Å²) in [5.74, 6) is 0.0406. The van der Waals surface area contributed by atoms with Gasteiger partial charge in [-0.25, -0.2) is 13.1 Å². The first-order chi connectivity index (χ1) is 11.0. The summed E-state index contributed by atoms with van der Waals surface area (Å²) in [6, 6.07) is 2.45. The Bertz CT molecular complexity index is 754. The van der Waals surface area contributed by atoms with Crippen molar-refractivity contribution < 1.29 is 18.4 Å². The van der Waals surface area contributed by atoms with Gasteiger partial charge in [-0.2, -0.15) is 0 Å². The minimum absolute atomic E-state index is 0.0406. The molecule has 1 aromatic carbocycles. The highest BCUT2D eigenvalue weighted by Gasteiger charge is 2.50. The molecule has 0 spiro atoms. The van der Waals surface area contributed by atoms with Gasteiger partial charge < -0.3 is 5.11 Å². The molecule has 1 fully saturated rings. The molecule has 8 heteroatoms. The van der Waals surface area contributed by atoms with Gasteiger partial charge in [-0.05, 0) is 43.7 Å². The number of aliphatic hydroxyl groups is 1. The number of nitrogens with zero attached hydrogens (tertiary/aromatic N) is 1. The van der Waals surface area contributed by atoms with E-state index in [-0.39, 0.29) is 23.0 Å². The average molecular weight is 356 g/mol. The zero-order valence-electron chi connectivity index (χ0n) is 14.4. The number of hydrogen-bond donors (Lipinski definition) is 2. The van der Waals surface area contributed by atoms with E-state index in [1.165, 1.54) is 6.07 Å². The second kappa shape index (κ2) is 6.42. The van der Waals surface area contributed by atoms with Gasteiger partial charge in [0.25, 0.3) is 5.69 Å². The minimum Gasteiger partial charge on any atom is -0.392 e. The van der Waals surface area contributed by atoms with Gasteiger partial charge in [0.15, 0.2) is 0 Å². The zero-order valence-corrected chi connectivity index (χ0v) is 15.2. The summed E-state index contributed by atoms with van der Waals surface area (Å²) in [4.78, 5) is 10.3. The smallest absolute Gasteiger partial charge is 0.271 e. The quantitative estimate of drug-likeness (QED) is 0.575. The van der Waals surface area contributed by atoms with Crippen LogP contribution in [0, 0.1) is 35.3 Å². The Hall–Kier alpha value is -1.51. The van der Waals surface area contributed by atoms with Crippen LogP contribution in [0.5, 0.6) is 0 Å². The highest BCUT2D eigenvalue weighted by atomic mass is 32.2. The van der Waals surface area contributed by atoms with Gasteiger partial charge in [-0.3, -0.25) is 10.1 Å². The number of hydrogen-bond acceptors (Lipinski definition) is 5. The fourth-order valence-electron chi connectivity index (χ4n) is 2.95. The van der Waals surface area contributed by atoms with E-state index >= 15 is 0 Å². The predicted octanol–water partition coefficient (Wildman–Crippen LogP) is 2.29. The summed E-state index contributed by atoms with van der Waals surface area (Å²) in [5.41, 5.74) is 0.363. The molecule has 1 unspecified atom stereocenters. The third-order valence-corrected chi connectivity index (χ3v) is 6.40. The molecule has 0 bridgehead atoms. The molecule has 7 nitrogen and oxygen atoms in total. The normalized spacial score (nSPS) is 17.8. The molecule has 0 amide bonds. The standard InChI is InChI=1S/C16H24N2O5S/c1-10(2)15(19)16(5-6-16)9-17-24(22,23)14-8-13(18(20)21)7-11(3)12(14)4/h7-8,10,15,17,19H,5-6,9H2,1-4H3. The summed E-state index contributed by atoms with van der Waals surface area (Å²) in [6.07, 6.45) is 0.956. The first kappa shape index (κ1) is 18.8. The summed E-state index contributed by atoms with van der Waals surface area (Å²) in [5, 5.41) is 21.3. The lowest BCUT2D eigenvalue weighted by atomic mass is 9.91. The van der Waals surface area contributed by atoms with Crippen LogP contribution in [-0.2, 0) is 10.0 Å². The number of rotatable bonds is 7. The molecule has 1 aliphatic carbocycles. The molecule has 0 heterocycles. The molecule has 0 aromatic heterocycles. The molecule has 1 saturated carbocycles. The van der Waals surface area contributed by atoms with E-state index in [4.69, 9.17) is 0 Å². The summed E-state index contributed by atoms with van der Waals surface area (Å²) < 4.78 is 27.8. The number of aliphatic hydroxyl groups excluding tert-OH is 1. The first-order valence-electron chi connectivity index (χ1n) is 7.93. The maximum absolute atomic E-state index is 12.6. The lowest BCUT2D eigenvalue weighted by molar-refractivity contribution is -0.385. The van der Waals surface area contributed by atoms with Crippen molar-refractivity contribution in [1.82, 2.24) is 4.72 Å². The number of non-ortho nitro benzene ring substituents is 1. The highest BCUT2D eigenvalue weighted by Crippen LogP contribution is 2.50. The summed E-state index contributed by atoms with van der Waals surface area (Å²) >= 11 is 0. The Balaban J connectivity index is 2.27. The Kier molecular flexibility index (Phi) is 5.03. The van der Waals surface area contributed by atoms with E-state index in [2.05, 4.69) is 4.72 Å². The third-order valence-electron chi connectivity index (χ3n) is 4.87. The van der Waals surface area contributed by atoms with Gasteiger partial charge in [-0.15, -0.1) is 0 Å². The lowest BCUT2D eigenvalue weighted by Crippen LogP contribution is -2.38. The maximum atomic E-state index is 12.6. The lowest BCUT2D eigenvalue weighted by Gasteiger charge is -2.25. The van der Waals surface area contributed by atoms with Gasteiger partial charge in [0.1, 0.15) is 0 Å². The van der Waals surface area contributed by atoms with Crippen LogP contribution in [0.4, 0.5) is 5.69 Å². The van der Waals surface area contributed by atoms with Gasteiger partial charge >= 0.3 is 0 Å². The SMILES string of the molecule is Cc1cc([N+](=O)[O-])cc(S(=O)(=O)NCC2(C(O)C(C)C)CC2)c1C. The molecule has 1 aromatic rings. The molecule has 24 heavy (non-hydrogen) atoms. The Morgan fingerprint density at radius 3 is 2.38 bits per heavy atom. The van der Waals surface area contributed by atoms with Crippen LogP contribution in [0.1, 0.15) is 37.8 Å². The average Bonchev–Trinajstić information content (AvgIpc) is 3.27. The monoisotopic (exact) mass is 356 g/mol. The van der Waals surface area contributed by atoms with Crippen LogP contribution in [0.15, 0.2) is 17.0 Å². The van der Waals surface area contributed by atoms with Crippen molar-refractivity contribution in [2.24, 2.45) is 11.3 Å².